The zero-order chi connectivity index (χ0) is 12.5. The standard InChI is InChI=1S/C12H12BrN3O2/c13-8-5-9-10(7-17)15-16(12(9)14-6-8)11-3-1-2-4-18-11/h5-7,11H,1-4H2/t11-/m0/s1. The molecular formula is C12H12BrN3O2. The fourth-order valence-electron chi connectivity index (χ4n) is 2.22. The van der Waals surface area contributed by atoms with Gasteiger partial charge in [0.25, 0.3) is 0 Å². The van der Waals surface area contributed by atoms with Crippen LogP contribution < -0.4 is 0 Å². The molecule has 94 valence electrons. The van der Waals surface area contributed by atoms with Crippen molar-refractivity contribution in [3.05, 3.63) is 22.4 Å². The van der Waals surface area contributed by atoms with Crippen LogP contribution in [0.2, 0.25) is 0 Å². The number of pyridine rings is 1. The van der Waals surface area contributed by atoms with Crippen molar-refractivity contribution < 1.29 is 9.53 Å². The molecule has 1 aliphatic rings. The fraction of sp³-hybridized carbons (Fsp3) is 0.417. The Bertz CT molecular complexity index is 590. The maximum absolute atomic E-state index is 11.1. The van der Waals surface area contributed by atoms with Crippen molar-refractivity contribution in [2.75, 3.05) is 6.61 Å². The second-order valence-corrected chi connectivity index (χ2v) is 5.21. The summed E-state index contributed by atoms with van der Waals surface area (Å²) >= 11 is 3.35. The van der Waals surface area contributed by atoms with Gasteiger partial charge in [-0.05, 0) is 41.3 Å². The van der Waals surface area contributed by atoms with Gasteiger partial charge in [-0.3, -0.25) is 4.79 Å². The molecule has 3 rings (SSSR count). The summed E-state index contributed by atoms with van der Waals surface area (Å²) in [6, 6.07) is 1.86. The van der Waals surface area contributed by atoms with Gasteiger partial charge in [-0.25, -0.2) is 9.67 Å². The van der Waals surface area contributed by atoms with Crippen molar-refractivity contribution in [2.45, 2.75) is 25.5 Å². The van der Waals surface area contributed by atoms with E-state index < -0.39 is 0 Å². The van der Waals surface area contributed by atoms with Gasteiger partial charge in [0.05, 0.1) is 5.39 Å². The number of hydrogen-bond donors (Lipinski definition) is 0. The third kappa shape index (κ3) is 1.95. The van der Waals surface area contributed by atoms with Crippen LogP contribution in [0, 0.1) is 0 Å². The van der Waals surface area contributed by atoms with E-state index in [1.54, 1.807) is 10.9 Å². The minimum Gasteiger partial charge on any atom is -0.356 e. The molecule has 1 aliphatic heterocycles. The summed E-state index contributed by atoms with van der Waals surface area (Å²) in [7, 11) is 0. The molecule has 0 aliphatic carbocycles. The second kappa shape index (κ2) is 4.78. The molecule has 0 amide bonds. The Kier molecular flexibility index (Phi) is 3.13. The van der Waals surface area contributed by atoms with Crippen LogP contribution in [0.5, 0.6) is 0 Å². The number of ether oxygens (including phenoxy) is 1. The van der Waals surface area contributed by atoms with Crippen LogP contribution in [0.15, 0.2) is 16.7 Å². The molecule has 18 heavy (non-hydrogen) atoms. The van der Waals surface area contributed by atoms with Gasteiger partial charge in [-0.1, -0.05) is 0 Å². The maximum Gasteiger partial charge on any atom is 0.171 e. The molecule has 3 heterocycles. The van der Waals surface area contributed by atoms with Crippen molar-refractivity contribution in [3.63, 3.8) is 0 Å². The minimum absolute atomic E-state index is 0.108. The van der Waals surface area contributed by atoms with Crippen LogP contribution in [0.4, 0.5) is 0 Å². The Morgan fingerprint density at radius 3 is 3.11 bits per heavy atom. The molecule has 0 saturated carbocycles. The van der Waals surface area contributed by atoms with Gasteiger partial charge in [0.15, 0.2) is 18.2 Å². The molecule has 1 saturated heterocycles. The van der Waals surface area contributed by atoms with Gasteiger partial charge < -0.3 is 4.74 Å². The van der Waals surface area contributed by atoms with E-state index >= 15 is 0 Å². The Labute approximate surface area is 112 Å². The van der Waals surface area contributed by atoms with Crippen molar-refractivity contribution in [1.29, 1.82) is 0 Å². The van der Waals surface area contributed by atoms with E-state index in [0.717, 1.165) is 42.0 Å². The largest absolute Gasteiger partial charge is 0.356 e. The normalized spacial score (nSPS) is 20.2. The molecule has 1 atom stereocenters. The van der Waals surface area contributed by atoms with Crippen LogP contribution in [0.3, 0.4) is 0 Å². The monoisotopic (exact) mass is 309 g/mol. The maximum atomic E-state index is 11.1. The smallest absolute Gasteiger partial charge is 0.171 e. The predicted octanol–water partition coefficient (Wildman–Crippen LogP) is 2.71. The number of carbonyl (C=O) groups is 1. The van der Waals surface area contributed by atoms with Crippen molar-refractivity contribution >= 4 is 33.2 Å². The van der Waals surface area contributed by atoms with E-state index in [2.05, 4.69) is 26.0 Å². The first kappa shape index (κ1) is 11.8. The molecule has 0 unspecified atom stereocenters. The van der Waals surface area contributed by atoms with Crippen LogP contribution in [-0.4, -0.2) is 27.7 Å². The van der Waals surface area contributed by atoms with Gasteiger partial charge in [-0.2, -0.15) is 5.10 Å². The number of hydrogen-bond acceptors (Lipinski definition) is 4. The number of carbonyl (C=O) groups excluding carboxylic acids is 1. The number of fused-ring (bicyclic) bond motifs is 1. The SMILES string of the molecule is O=Cc1nn([C@@H]2CCCCO2)c2ncc(Br)cc12. The minimum atomic E-state index is -0.108. The molecule has 6 heteroatoms. The first-order valence-electron chi connectivity index (χ1n) is 5.90. The van der Waals surface area contributed by atoms with E-state index in [-0.39, 0.29) is 6.23 Å². The lowest BCUT2D eigenvalue weighted by molar-refractivity contribution is -0.0370. The highest BCUT2D eigenvalue weighted by Crippen LogP contribution is 2.27. The van der Waals surface area contributed by atoms with Crippen molar-refractivity contribution in [3.8, 4) is 0 Å². The zero-order valence-corrected chi connectivity index (χ0v) is 11.3. The Balaban J connectivity index is 2.13. The van der Waals surface area contributed by atoms with E-state index in [1.807, 2.05) is 6.07 Å². The van der Waals surface area contributed by atoms with E-state index in [0.29, 0.717) is 11.3 Å². The fourth-order valence-corrected chi connectivity index (χ4v) is 2.56. The van der Waals surface area contributed by atoms with Crippen molar-refractivity contribution in [2.24, 2.45) is 0 Å². The Morgan fingerprint density at radius 2 is 2.39 bits per heavy atom. The molecule has 0 bridgehead atoms. The first-order chi connectivity index (χ1) is 8.79. The summed E-state index contributed by atoms with van der Waals surface area (Å²) in [5.74, 6) is 0. The highest BCUT2D eigenvalue weighted by atomic mass is 79.9. The molecule has 2 aromatic heterocycles. The molecular weight excluding hydrogens is 298 g/mol. The predicted molar refractivity (Wildman–Crippen MR) is 69.5 cm³/mol. The molecule has 1 fully saturated rings. The Hall–Kier alpha value is -1.27. The lowest BCUT2D eigenvalue weighted by Crippen LogP contribution is -2.19. The number of rotatable bonds is 2. The summed E-state index contributed by atoms with van der Waals surface area (Å²) in [5.41, 5.74) is 1.11. The summed E-state index contributed by atoms with van der Waals surface area (Å²) in [5, 5.41) is 5.07. The third-order valence-electron chi connectivity index (χ3n) is 3.08. The highest BCUT2D eigenvalue weighted by molar-refractivity contribution is 9.10. The first-order valence-corrected chi connectivity index (χ1v) is 6.69. The topological polar surface area (TPSA) is 57.0 Å². The second-order valence-electron chi connectivity index (χ2n) is 4.29. The Morgan fingerprint density at radius 1 is 1.50 bits per heavy atom. The molecule has 2 aromatic rings. The van der Waals surface area contributed by atoms with E-state index in [1.165, 1.54) is 0 Å². The van der Waals surface area contributed by atoms with E-state index in [4.69, 9.17) is 4.74 Å². The molecule has 0 radical (unpaired) electrons. The average molecular weight is 310 g/mol. The summed E-state index contributed by atoms with van der Waals surface area (Å²) < 4.78 is 8.26. The number of nitrogens with zero attached hydrogens (tertiary/aromatic N) is 3. The summed E-state index contributed by atoms with van der Waals surface area (Å²) in [6.45, 7) is 0.735. The quantitative estimate of drug-likeness (QED) is 0.800. The number of halogens is 1. The summed E-state index contributed by atoms with van der Waals surface area (Å²) in [6.07, 6.45) is 5.46. The zero-order valence-electron chi connectivity index (χ0n) is 9.67. The van der Waals surface area contributed by atoms with Crippen molar-refractivity contribution in [1.82, 2.24) is 14.8 Å². The van der Waals surface area contributed by atoms with Gasteiger partial charge in [-0.15, -0.1) is 0 Å². The van der Waals surface area contributed by atoms with Gasteiger partial charge in [0.1, 0.15) is 5.69 Å². The average Bonchev–Trinajstić information content (AvgIpc) is 2.77. The molecule has 0 N–H and O–H groups in total. The number of aromatic nitrogens is 3. The van der Waals surface area contributed by atoms with Gasteiger partial charge >= 0.3 is 0 Å². The third-order valence-corrected chi connectivity index (χ3v) is 3.52. The number of aldehydes is 1. The highest BCUT2D eigenvalue weighted by Gasteiger charge is 2.21. The molecule has 0 spiro atoms. The van der Waals surface area contributed by atoms with Crippen LogP contribution in [0.1, 0.15) is 36.0 Å². The molecule has 0 aromatic carbocycles. The lowest BCUT2D eigenvalue weighted by atomic mass is 10.2. The lowest BCUT2D eigenvalue weighted by Gasteiger charge is -2.22. The van der Waals surface area contributed by atoms with Crippen LogP contribution in [0.25, 0.3) is 11.0 Å². The van der Waals surface area contributed by atoms with Crippen LogP contribution >= 0.6 is 15.9 Å². The molecule has 5 nitrogen and oxygen atoms in total. The van der Waals surface area contributed by atoms with Gasteiger partial charge in [0.2, 0.25) is 0 Å². The van der Waals surface area contributed by atoms with E-state index in [9.17, 15) is 4.79 Å². The van der Waals surface area contributed by atoms with Crippen LogP contribution in [-0.2, 0) is 4.74 Å². The van der Waals surface area contributed by atoms with Gasteiger partial charge in [0, 0.05) is 17.3 Å². The summed E-state index contributed by atoms with van der Waals surface area (Å²) in [4.78, 5) is 15.4.